The van der Waals surface area contributed by atoms with Crippen molar-refractivity contribution in [2.75, 3.05) is 26.2 Å². The average molecular weight is 304 g/mol. The highest BCUT2D eigenvalue weighted by atomic mass is 16.3. The standard InChI is InChI=1S/C19H32N2O/c1-16(14-17(2)22)15-20-19-9-12-21(13-10-19)11-8-18-6-4-3-5-7-18/h3-7,16-17,19-20,22H,8-15H2,1-2H3. The highest BCUT2D eigenvalue weighted by Crippen LogP contribution is 2.13. The van der Waals surface area contributed by atoms with Gasteiger partial charge >= 0.3 is 0 Å². The van der Waals surface area contributed by atoms with Crippen molar-refractivity contribution >= 4 is 0 Å². The third-order valence-corrected chi connectivity index (χ3v) is 4.65. The molecule has 1 saturated heterocycles. The summed E-state index contributed by atoms with van der Waals surface area (Å²) in [7, 11) is 0. The molecule has 2 atom stereocenters. The first-order valence-corrected chi connectivity index (χ1v) is 8.81. The first-order chi connectivity index (χ1) is 10.6. The van der Waals surface area contributed by atoms with Crippen LogP contribution in [-0.2, 0) is 6.42 Å². The van der Waals surface area contributed by atoms with Crippen LogP contribution in [-0.4, -0.2) is 48.3 Å². The Morgan fingerprint density at radius 2 is 1.86 bits per heavy atom. The monoisotopic (exact) mass is 304 g/mol. The van der Waals surface area contributed by atoms with Gasteiger partial charge in [0.1, 0.15) is 0 Å². The average Bonchev–Trinajstić information content (AvgIpc) is 2.52. The fourth-order valence-electron chi connectivity index (χ4n) is 3.33. The van der Waals surface area contributed by atoms with Crippen LogP contribution >= 0.6 is 0 Å². The normalized spacial score (nSPS) is 20.0. The summed E-state index contributed by atoms with van der Waals surface area (Å²) in [5.41, 5.74) is 1.44. The number of nitrogens with one attached hydrogen (secondary N) is 1. The summed E-state index contributed by atoms with van der Waals surface area (Å²) >= 11 is 0. The third-order valence-electron chi connectivity index (χ3n) is 4.65. The molecule has 3 nitrogen and oxygen atoms in total. The largest absolute Gasteiger partial charge is 0.393 e. The minimum Gasteiger partial charge on any atom is -0.393 e. The maximum atomic E-state index is 9.41. The second kappa shape index (κ2) is 9.29. The molecule has 0 radical (unpaired) electrons. The number of hydrogen-bond acceptors (Lipinski definition) is 3. The zero-order chi connectivity index (χ0) is 15.8. The van der Waals surface area contributed by atoms with Crippen LogP contribution in [0.4, 0.5) is 0 Å². The Bertz CT molecular complexity index is 399. The van der Waals surface area contributed by atoms with E-state index < -0.39 is 0 Å². The molecule has 0 amide bonds. The van der Waals surface area contributed by atoms with Gasteiger partial charge in [-0.3, -0.25) is 0 Å². The van der Waals surface area contributed by atoms with Crippen LogP contribution in [0.5, 0.6) is 0 Å². The Balaban J connectivity index is 1.59. The molecule has 2 unspecified atom stereocenters. The van der Waals surface area contributed by atoms with Crippen LogP contribution < -0.4 is 5.32 Å². The lowest BCUT2D eigenvalue weighted by atomic mass is 10.0. The fraction of sp³-hybridized carbons (Fsp3) is 0.684. The van der Waals surface area contributed by atoms with E-state index in [1.165, 1.54) is 38.0 Å². The van der Waals surface area contributed by atoms with Crippen molar-refractivity contribution in [1.29, 1.82) is 0 Å². The molecule has 1 heterocycles. The molecule has 0 spiro atoms. The molecule has 0 bridgehead atoms. The Hall–Kier alpha value is -0.900. The molecule has 2 N–H and O–H groups in total. The summed E-state index contributed by atoms with van der Waals surface area (Å²) in [6.45, 7) is 8.70. The van der Waals surface area contributed by atoms with Gasteiger partial charge in [-0.15, -0.1) is 0 Å². The summed E-state index contributed by atoms with van der Waals surface area (Å²) in [5.74, 6) is 0.552. The first kappa shape index (κ1) is 17.5. The molecule has 3 heteroatoms. The minimum absolute atomic E-state index is 0.184. The molecule has 1 fully saturated rings. The van der Waals surface area contributed by atoms with E-state index in [1.807, 2.05) is 6.92 Å². The molecule has 0 aliphatic carbocycles. The number of benzene rings is 1. The van der Waals surface area contributed by atoms with Crippen molar-refractivity contribution in [2.45, 2.75) is 51.7 Å². The van der Waals surface area contributed by atoms with E-state index in [2.05, 4.69) is 47.5 Å². The third kappa shape index (κ3) is 6.47. The Morgan fingerprint density at radius 3 is 2.50 bits per heavy atom. The molecule has 22 heavy (non-hydrogen) atoms. The van der Waals surface area contributed by atoms with Crippen molar-refractivity contribution < 1.29 is 5.11 Å². The van der Waals surface area contributed by atoms with Crippen LogP contribution in [0, 0.1) is 5.92 Å². The number of likely N-dealkylation sites (tertiary alicyclic amines) is 1. The number of piperidine rings is 1. The molecule has 2 rings (SSSR count). The van der Waals surface area contributed by atoms with Crippen molar-refractivity contribution in [3.8, 4) is 0 Å². The van der Waals surface area contributed by atoms with Gasteiger partial charge in [-0.2, -0.15) is 0 Å². The number of aliphatic hydroxyl groups excluding tert-OH is 1. The lowest BCUT2D eigenvalue weighted by molar-refractivity contribution is 0.157. The van der Waals surface area contributed by atoms with Crippen molar-refractivity contribution in [2.24, 2.45) is 5.92 Å². The van der Waals surface area contributed by atoms with Crippen molar-refractivity contribution in [3.05, 3.63) is 35.9 Å². The Labute approximate surface area is 135 Å². The zero-order valence-electron chi connectivity index (χ0n) is 14.2. The smallest absolute Gasteiger partial charge is 0.0515 e. The van der Waals surface area contributed by atoms with Crippen LogP contribution in [0.25, 0.3) is 0 Å². The SMILES string of the molecule is CC(O)CC(C)CNC1CCN(CCc2ccccc2)CC1. The van der Waals surface area contributed by atoms with Gasteiger partial charge in [0.25, 0.3) is 0 Å². The first-order valence-electron chi connectivity index (χ1n) is 8.81. The quantitative estimate of drug-likeness (QED) is 0.775. The van der Waals surface area contributed by atoms with Gasteiger partial charge in [-0.1, -0.05) is 37.3 Å². The maximum Gasteiger partial charge on any atom is 0.0515 e. The van der Waals surface area contributed by atoms with Crippen molar-refractivity contribution in [1.82, 2.24) is 10.2 Å². The molecule has 1 aliphatic heterocycles. The minimum atomic E-state index is -0.184. The summed E-state index contributed by atoms with van der Waals surface area (Å²) in [4.78, 5) is 2.59. The summed E-state index contributed by atoms with van der Waals surface area (Å²) < 4.78 is 0. The van der Waals surface area contributed by atoms with Gasteiger partial charge in [0.05, 0.1) is 6.10 Å². The molecule has 1 aliphatic rings. The summed E-state index contributed by atoms with van der Waals surface area (Å²) in [5, 5.41) is 13.1. The van der Waals surface area contributed by atoms with Crippen LogP contribution in [0.15, 0.2) is 30.3 Å². The highest BCUT2D eigenvalue weighted by Gasteiger charge is 2.19. The van der Waals surface area contributed by atoms with Crippen LogP contribution in [0.3, 0.4) is 0 Å². The van der Waals surface area contributed by atoms with E-state index in [1.54, 1.807) is 0 Å². The van der Waals surface area contributed by atoms with Crippen LogP contribution in [0.2, 0.25) is 0 Å². The van der Waals surface area contributed by atoms with Crippen molar-refractivity contribution in [3.63, 3.8) is 0 Å². The topological polar surface area (TPSA) is 35.5 Å². The molecule has 0 aromatic heterocycles. The predicted molar refractivity (Wildman–Crippen MR) is 93.1 cm³/mol. The van der Waals surface area contributed by atoms with Gasteiger partial charge in [0.15, 0.2) is 0 Å². The molecule has 1 aromatic carbocycles. The maximum absolute atomic E-state index is 9.41. The molecule has 0 saturated carbocycles. The molecule has 1 aromatic rings. The summed E-state index contributed by atoms with van der Waals surface area (Å²) in [6.07, 6.45) is 4.36. The van der Waals surface area contributed by atoms with Gasteiger partial charge < -0.3 is 15.3 Å². The molecular formula is C19H32N2O. The predicted octanol–water partition coefficient (Wildman–Crippen LogP) is 2.69. The number of rotatable bonds is 8. The van der Waals surface area contributed by atoms with Gasteiger partial charge in [-0.25, -0.2) is 0 Å². The van der Waals surface area contributed by atoms with Gasteiger partial charge in [0.2, 0.25) is 0 Å². The number of aliphatic hydroxyl groups is 1. The van der Waals surface area contributed by atoms with E-state index in [0.717, 1.165) is 19.4 Å². The number of nitrogens with zero attached hydrogens (tertiary/aromatic N) is 1. The zero-order valence-corrected chi connectivity index (χ0v) is 14.2. The highest BCUT2D eigenvalue weighted by molar-refractivity contribution is 5.14. The van der Waals surface area contributed by atoms with Gasteiger partial charge in [0, 0.05) is 12.6 Å². The second-order valence-electron chi connectivity index (χ2n) is 6.95. The fourth-order valence-corrected chi connectivity index (χ4v) is 3.33. The van der Waals surface area contributed by atoms with E-state index in [9.17, 15) is 5.11 Å². The Morgan fingerprint density at radius 1 is 1.18 bits per heavy atom. The molecule has 124 valence electrons. The molecular weight excluding hydrogens is 272 g/mol. The van der Waals surface area contributed by atoms with Gasteiger partial charge in [-0.05, 0) is 63.7 Å². The number of hydrogen-bond donors (Lipinski definition) is 2. The lowest BCUT2D eigenvalue weighted by Gasteiger charge is -2.33. The van der Waals surface area contributed by atoms with E-state index >= 15 is 0 Å². The van der Waals surface area contributed by atoms with E-state index in [0.29, 0.717) is 12.0 Å². The summed E-state index contributed by atoms with van der Waals surface area (Å²) in [6, 6.07) is 11.4. The second-order valence-corrected chi connectivity index (χ2v) is 6.95. The Kier molecular flexibility index (Phi) is 7.37. The lowest BCUT2D eigenvalue weighted by Crippen LogP contribution is -2.44. The van der Waals surface area contributed by atoms with Crippen LogP contribution in [0.1, 0.15) is 38.7 Å². The van der Waals surface area contributed by atoms with E-state index in [-0.39, 0.29) is 6.10 Å². The van der Waals surface area contributed by atoms with E-state index in [4.69, 9.17) is 0 Å².